The third-order valence-corrected chi connectivity index (χ3v) is 5.92. The topological polar surface area (TPSA) is 87.3 Å². The zero-order chi connectivity index (χ0) is 20.4. The summed E-state index contributed by atoms with van der Waals surface area (Å²) >= 11 is 3.92. The molecule has 9 heteroatoms. The van der Waals surface area contributed by atoms with Crippen molar-refractivity contribution in [3.8, 4) is 17.2 Å². The standard InChI is InChI=1S/C20H16AsN3O4S/c1-3-26-20(25)15-8-22-18(21)16-13(10-29-17(15)16)9-27-14-6-4-5-12(7-14)19-24-23-11(2)28-19/h4-8,10H,3,9H2,1-2H3. The second-order valence-corrected chi connectivity index (χ2v) is 7.89. The normalized spacial score (nSPS) is 11.0. The molecule has 3 heterocycles. The van der Waals surface area contributed by atoms with E-state index < -0.39 is 0 Å². The molecule has 4 aromatic rings. The van der Waals surface area contributed by atoms with Gasteiger partial charge in [0.1, 0.15) is 0 Å². The number of thiophene rings is 1. The first-order valence-electron chi connectivity index (χ1n) is 8.85. The molecule has 0 amide bonds. The van der Waals surface area contributed by atoms with Gasteiger partial charge in [0, 0.05) is 0 Å². The summed E-state index contributed by atoms with van der Waals surface area (Å²) in [6.45, 7) is 4.19. The summed E-state index contributed by atoms with van der Waals surface area (Å²) in [7, 11) is 0. The molecule has 0 fully saturated rings. The van der Waals surface area contributed by atoms with E-state index in [2.05, 4.69) is 32.0 Å². The maximum atomic E-state index is 12.2. The van der Waals surface area contributed by atoms with Gasteiger partial charge in [0.05, 0.1) is 0 Å². The molecule has 0 spiro atoms. The molecule has 0 saturated heterocycles. The summed E-state index contributed by atoms with van der Waals surface area (Å²) in [5.41, 5.74) is 2.22. The minimum atomic E-state index is -0.366. The van der Waals surface area contributed by atoms with E-state index in [1.807, 2.05) is 29.6 Å². The van der Waals surface area contributed by atoms with Gasteiger partial charge in [-0.2, -0.15) is 0 Å². The number of pyridine rings is 1. The number of esters is 1. The molecule has 0 unspecified atom stereocenters. The Hall–Kier alpha value is -2.70. The molecule has 0 saturated carbocycles. The number of benzene rings is 1. The van der Waals surface area contributed by atoms with Crippen molar-refractivity contribution in [2.24, 2.45) is 0 Å². The zero-order valence-electron chi connectivity index (χ0n) is 15.7. The number of fused-ring (bicyclic) bond motifs is 1. The molecule has 146 valence electrons. The summed E-state index contributed by atoms with van der Waals surface area (Å²) in [4.78, 5) is 16.6. The zero-order valence-corrected chi connectivity index (χ0v) is 18.4. The molecule has 29 heavy (non-hydrogen) atoms. The van der Waals surface area contributed by atoms with Crippen LogP contribution >= 0.6 is 11.3 Å². The fourth-order valence-corrected chi connectivity index (χ4v) is 4.72. The van der Waals surface area contributed by atoms with Crippen molar-refractivity contribution in [3.63, 3.8) is 0 Å². The summed E-state index contributed by atoms with van der Waals surface area (Å²) < 4.78 is 18.2. The summed E-state index contributed by atoms with van der Waals surface area (Å²) in [5.74, 6) is 1.27. The van der Waals surface area contributed by atoms with Crippen LogP contribution in [-0.2, 0) is 11.3 Å². The number of ether oxygens (including phenoxy) is 2. The first-order chi connectivity index (χ1) is 14.1. The van der Waals surface area contributed by atoms with Gasteiger partial charge >= 0.3 is 180 Å². The van der Waals surface area contributed by atoms with Crippen molar-refractivity contribution in [2.75, 3.05) is 6.61 Å². The van der Waals surface area contributed by atoms with Crippen LogP contribution in [0.1, 0.15) is 28.7 Å². The van der Waals surface area contributed by atoms with Gasteiger partial charge in [0.15, 0.2) is 0 Å². The van der Waals surface area contributed by atoms with Crippen LogP contribution in [0.5, 0.6) is 5.75 Å². The quantitative estimate of drug-likeness (QED) is 0.317. The van der Waals surface area contributed by atoms with Gasteiger partial charge in [-0.15, -0.1) is 0 Å². The van der Waals surface area contributed by atoms with Gasteiger partial charge in [-0.05, 0) is 0 Å². The second-order valence-electron chi connectivity index (χ2n) is 6.12. The van der Waals surface area contributed by atoms with Crippen molar-refractivity contribution in [2.45, 2.75) is 20.5 Å². The number of aryl methyl sites for hydroxylation is 1. The maximum absolute atomic E-state index is 12.2. The molecule has 0 aliphatic heterocycles. The van der Waals surface area contributed by atoms with Crippen LogP contribution in [0.3, 0.4) is 0 Å². The fourth-order valence-electron chi connectivity index (χ4n) is 2.84. The molecule has 2 radical (unpaired) electrons. The Labute approximate surface area is 179 Å². The van der Waals surface area contributed by atoms with Crippen molar-refractivity contribution in [1.29, 1.82) is 0 Å². The number of rotatable bonds is 6. The SMILES string of the molecule is CCOC(=O)c1cnc([As])c2c(COc3cccc(-c4nnc(C)o4)c3)csc12. The number of hydrogen-bond acceptors (Lipinski definition) is 8. The summed E-state index contributed by atoms with van der Waals surface area (Å²) in [6, 6.07) is 7.48. The summed E-state index contributed by atoms with van der Waals surface area (Å²) in [5, 5.41) is 10.8. The average Bonchev–Trinajstić information content (AvgIpc) is 3.34. The van der Waals surface area contributed by atoms with E-state index in [4.69, 9.17) is 13.9 Å². The Morgan fingerprint density at radius 3 is 2.93 bits per heavy atom. The molecule has 7 nitrogen and oxygen atoms in total. The van der Waals surface area contributed by atoms with Gasteiger partial charge in [-0.3, -0.25) is 0 Å². The van der Waals surface area contributed by atoms with E-state index in [0.717, 1.165) is 25.7 Å². The van der Waals surface area contributed by atoms with Crippen molar-refractivity contribution in [3.05, 3.63) is 52.9 Å². The van der Waals surface area contributed by atoms with E-state index in [1.54, 1.807) is 20.0 Å². The van der Waals surface area contributed by atoms with Crippen molar-refractivity contribution < 1.29 is 18.7 Å². The molecule has 3 aromatic heterocycles. The number of nitrogens with zero attached hydrogens (tertiary/aromatic N) is 3. The monoisotopic (exact) mass is 469 g/mol. The first-order valence-corrected chi connectivity index (χ1v) is 10.7. The molecular formula is C20H16AsN3O4S. The van der Waals surface area contributed by atoms with Crippen LogP contribution in [-0.4, -0.2) is 44.6 Å². The minimum absolute atomic E-state index is 0.321. The molecule has 0 bridgehead atoms. The van der Waals surface area contributed by atoms with Gasteiger partial charge in [0.25, 0.3) is 0 Å². The number of aromatic nitrogens is 3. The molecule has 0 aliphatic carbocycles. The Kier molecular flexibility index (Phi) is 5.64. The summed E-state index contributed by atoms with van der Waals surface area (Å²) in [6.07, 6.45) is 1.56. The molecule has 0 N–H and O–H groups in total. The fraction of sp³-hybridized carbons (Fsp3) is 0.200. The average molecular weight is 469 g/mol. The van der Waals surface area contributed by atoms with E-state index >= 15 is 0 Å². The Morgan fingerprint density at radius 2 is 2.17 bits per heavy atom. The molecule has 1 aromatic carbocycles. The number of hydrogen-bond donors (Lipinski definition) is 0. The Bertz CT molecular complexity index is 1190. The molecular weight excluding hydrogens is 453 g/mol. The number of carbonyl (C=O) groups is 1. The van der Waals surface area contributed by atoms with Gasteiger partial charge < -0.3 is 0 Å². The molecule has 0 atom stereocenters. The molecule has 0 aliphatic rings. The second kappa shape index (κ2) is 8.35. The Balaban J connectivity index is 1.59. The van der Waals surface area contributed by atoms with Crippen LogP contribution in [0.4, 0.5) is 0 Å². The first kappa shape index (κ1) is 19.6. The molecule has 4 rings (SSSR count). The van der Waals surface area contributed by atoms with E-state index in [9.17, 15) is 4.79 Å². The van der Waals surface area contributed by atoms with Crippen molar-refractivity contribution >= 4 is 48.7 Å². The van der Waals surface area contributed by atoms with Gasteiger partial charge in [0.2, 0.25) is 0 Å². The predicted molar refractivity (Wildman–Crippen MR) is 110 cm³/mol. The Morgan fingerprint density at radius 1 is 1.31 bits per heavy atom. The third kappa shape index (κ3) is 4.04. The van der Waals surface area contributed by atoms with Crippen LogP contribution in [0, 0.1) is 6.92 Å². The van der Waals surface area contributed by atoms with E-state index in [1.165, 1.54) is 11.3 Å². The van der Waals surface area contributed by atoms with Crippen LogP contribution in [0.25, 0.3) is 21.5 Å². The van der Waals surface area contributed by atoms with E-state index in [0.29, 0.717) is 36.3 Å². The van der Waals surface area contributed by atoms with Gasteiger partial charge in [-0.25, -0.2) is 0 Å². The van der Waals surface area contributed by atoms with Gasteiger partial charge in [-0.1, -0.05) is 0 Å². The number of carbonyl (C=O) groups excluding carboxylic acids is 1. The van der Waals surface area contributed by atoms with Crippen LogP contribution in [0.2, 0.25) is 0 Å². The van der Waals surface area contributed by atoms with E-state index in [-0.39, 0.29) is 5.97 Å². The van der Waals surface area contributed by atoms with Crippen molar-refractivity contribution in [1.82, 2.24) is 15.2 Å². The van der Waals surface area contributed by atoms with Crippen LogP contribution < -0.4 is 9.22 Å². The predicted octanol–water partition coefficient (Wildman–Crippen LogP) is 3.20. The third-order valence-electron chi connectivity index (χ3n) is 4.15. The van der Waals surface area contributed by atoms with Crippen LogP contribution in [0.15, 0.2) is 40.3 Å².